The van der Waals surface area contributed by atoms with Gasteiger partial charge in [-0.3, -0.25) is 9.59 Å². The zero-order chi connectivity index (χ0) is 19.9. The van der Waals surface area contributed by atoms with Crippen LogP contribution in [0.5, 0.6) is 5.75 Å². The van der Waals surface area contributed by atoms with Crippen molar-refractivity contribution in [3.63, 3.8) is 0 Å². The molecule has 0 aliphatic heterocycles. The van der Waals surface area contributed by atoms with Crippen LogP contribution in [0.25, 0.3) is 0 Å². The third kappa shape index (κ3) is 6.25. The first-order valence-electron chi connectivity index (χ1n) is 9.46. The van der Waals surface area contributed by atoms with E-state index in [0.29, 0.717) is 33.7 Å². The van der Waals surface area contributed by atoms with Gasteiger partial charge in [-0.1, -0.05) is 23.2 Å². The zero-order valence-electron chi connectivity index (χ0n) is 15.5. The van der Waals surface area contributed by atoms with Gasteiger partial charge in [-0.05, 0) is 80.1 Å². The van der Waals surface area contributed by atoms with Crippen LogP contribution in [-0.4, -0.2) is 24.3 Å². The lowest BCUT2D eigenvalue weighted by Gasteiger charge is -2.28. The van der Waals surface area contributed by atoms with E-state index in [0.717, 1.165) is 25.7 Å². The Morgan fingerprint density at radius 2 is 1.46 bits per heavy atom. The second-order valence-electron chi connectivity index (χ2n) is 7.16. The number of Topliss-reactive ketones (excluding diaryl/α,β-unsaturated/α-hetero) is 1. The summed E-state index contributed by atoms with van der Waals surface area (Å²) in [5.41, 5.74) is 0.708. The molecular weight excluding hydrogens is 397 g/mol. The van der Waals surface area contributed by atoms with Gasteiger partial charge in [0.15, 0.2) is 12.4 Å². The molecule has 1 saturated carbocycles. The van der Waals surface area contributed by atoms with Crippen molar-refractivity contribution >= 4 is 34.9 Å². The lowest BCUT2D eigenvalue weighted by molar-refractivity contribution is -0.124. The smallest absolute Gasteiger partial charge is 0.258 e. The van der Waals surface area contributed by atoms with E-state index in [4.69, 9.17) is 27.9 Å². The minimum atomic E-state index is -0.129. The molecule has 3 rings (SSSR count). The standard InChI is InChI=1S/C22H23Cl2NO3/c23-17-5-3-16(4-6-17)21(26)13-15-1-9-19(10-2-15)25-22(27)14-28-20-11-7-18(24)8-12-20/h3-8,11-12,15,19H,1-2,9-10,13-14H2,(H,25,27). The number of carbonyl (C=O) groups excluding carboxylic acids is 2. The number of benzene rings is 2. The third-order valence-electron chi connectivity index (χ3n) is 5.04. The summed E-state index contributed by atoms with van der Waals surface area (Å²) in [5, 5.41) is 4.28. The normalized spacial score (nSPS) is 19.1. The van der Waals surface area contributed by atoms with E-state index in [2.05, 4.69) is 5.32 Å². The van der Waals surface area contributed by atoms with Crippen LogP contribution in [0.4, 0.5) is 0 Å². The van der Waals surface area contributed by atoms with Gasteiger partial charge >= 0.3 is 0 Å². The fraction of sp³-hybridized carbons (Fsp3) is 0.364. The number of amides is 1. The van der Waals surface area contributed by atoms with Crippen LogP contribution in [0.1, 0.15) is 42.5 Å². The third-order valence-corrected chi connectivity index (χ3v) is 5.54. The SMILES string of the molecule is O=C(COc1ccc(Cl)cc1)NC1CCC(CC(=O)c2ccc(Cl)cc2)CC1. The average Bonchev–Trinajstić information content (AvgIpc) is 2.69. The molecule has 0 heterocycles. The van der Waals surface area contributed by atoms with Crippen LogP contribution < -0.4 is 10.1 Å². The van der Waals surface area contributed by atoms with Crippen LogP contribution in [0.15, 0.2) is 48.5 Å². The Labute approximate surface area is 175 Å². The van der Waals surface area contributed by atoms with Gasteiger partial charge in [0.2, 0.25) is 0 Å². The van der Waals surface area contributed by atoms with E-state index in [1.165, 1.54) is 0 Å². The minimum Gasteiger partial charge on any atom is -0.484 e. The molecule has 2 aromatic carbocycles. The maximum Gasteiger partial charge on any atom is 0.258 e. The Morgan fingerprint density at radius 3 is 2.07 bits per heavy atom. The maximum atomic E-state index is 12.4. The van der Waals surface area contributed by atoms with Crippen molar-refractivity contribution in [3.05, 3.63) is 64.1 Å². The molecule has 0 atom stereocenters. The number of carbonyl (C=O) groups is 2. The van der Waals surface area contributed by atoms with Gasteiger partial charge in [0, 0.05) is 28.1 Å². The van der Waals surface area contributed by atoms with Crippen LogP contribution in [-0.2, 0) is 4.79 Å². The summed E-state index contributed by atoms with van der Waals surface area (Å²) in [6.07, 6.45) is 4.17. The number of hydrogen-bond acceptors (Lipinski definition) is 3. The topological polar surface area (TPSA) is 55.4 Å². The summed E-state index contributed by atoms with van der Waals surface area (Å²) in [6.45, 7) is -0.0172. The number of nitrogens with one attached hydrogen (secondary N) is 1. The first-order chi connectivity index (χ1) is 13.5. The van der Waals surface area contributed by atoms with Crippen LogP contribution >= 0.6 is 23.2 Å². The molecule has 1 aliphatic carbocycles. The summed E-state index contributed by atoms with van der Waals surface area (Å²) in [5.74, 6) is 1.00. The summed E-state index contributed by atoms with van der Waals surface area (Å²) in [4.78, 5) is 24.5. The molecule has 28 heavy (non-hydrogen) atoms. The summed E-state index contributed by atoms with van der Waals surface area (Å²) >= 11 is 11.7. The Morgan fingerprint density at radius 1 is 0.893 bits per heavy atom. The second kappa shape index (κ2) is 9.94. The minimum absolute atomic E-state index is 0.0172. The molecule has 4 nitrogen and oxygen atoms in total. The summed E-state index contributed by atoms with van der Waals surface area (Å²) < 4.78 is 5.47. The van der Waals surface area contributed by atoms with Gasteiger partial charge in [-0.2, -0.15) is 0 Å². The Hall–Kier alpha value is -2.04. The highest BCUT2D eigenvalue weighted by Gasteiger charge is 2.24. The average molecular weight is 420 g/mol. The van der Waals surface area contributed by atoms with Crippen molar-refractivity contribution in [2.24, 2.45) is 5.92 Å². The number of rotatable bonds is 7. The Balaban J connectivity index is 1.37. The molecule has 0 radical (unpaired) electrons. The molecular formula is C22H23Cl2NO3. The van der Waals surface area contributed by atoms with Crippen molar-refractivity contribution in [3.8, 4) is 5.75 Å². The number of halogens is 2. The van der Waals surface area contributed by atoms with Gasteiger partial charge in [0.05, 0.1) is 0 Å². The summed E-state index contributed by atoms with van der Waals surface area (Å²) in [6, 6.07) is 14.1. The fourth-order valence-electron chi connectivity index (χ4n) is 3.48. The van der Waals surface area contributed by atoms with E-state index in [1.807, 2.05) is 0 Å². The molecule has 0 saturated heterocycles. The van der Waals surface area contributed by atoms with Gasteiger partial charge in [0.25, 0.3) is 5.91 Å². The van der Waals surface area contributed by atoms with Gasteiger partial charge < -0.3 is 10.1 Å². The van der Waals surface area contributed by atoms with E-state index >= 15 is 0 Å². The monoisotopic (exact) mass is 419 g/mol. The predicted molar refractivity (Wildman–Crippen MR) is 111 cm³/mol. The number of ketones is 1. The highest BCUT2D eigenvalue weighted by atomic mass is 35.5. The summed E-state index contributed by atoms with van der Waals surface area (Å²) in [7, 11) is 0. The van der Waals surface area contributed by atoms with Crippen molar-refractivity contribution < 1.29 is 14.3 Å². The molecule has 1 fully saturated rings. The maximum absolute atomic E-state index is 12.4. The first-order valence-corrected chi connectivity index (χ1v) is 10.2. The predicted octanol–water partition coefficient (Wildman–Crippen LogP) is 5.32. The van der Waals surface area contributed by atoms with Crippen molar-refractivity contribution in [1.82, 2.24) is 5.32 Å². The molecule has 1 N–H and O–H groups in total. The molecule has 0 unspecified atom stereocenters. The van der Waals surface area contributed by atoms with Crippen molar-refractivity contribution in [1.29, 1.82) is 0 Å². The van der Waals surface area contributed by atoms with Gasteiger partial charge in [0.1, 0.15) is 5.75 Å². The van der Waals surface area contributed by atoms with Crippen LogP contribution in [0.2, 0.25) is 10.0 Å². The molecule has 6 heteroatoms. The van der Waals surface area contributed by atoms with Crippen molar-refractivity contribution in [2.45, 2.75) is 38.1 Å². The molecule has 0 spiro atoms. The Bertz CT molecular complexity index is 798. The molecule has 1 amide bonds. The molecule has 148 valence electrons. The Kier molecular flexibility index (Phi) is 7.35. The molecule has 0 bridgehead atoms. The number of ether oxygens (including phenoxy) is 1. The highest BCUT2D eigenvalue weighted by molar-refractivity contribution is 6.30. The van der Waals surface area contributed by atoms with E-state index in [1.54, 1.807) is 48.5 Å². The molecule has 1 aliphatic rings. The van der Waals surface area contributed by atoms with E-state index in [-0.39, 0.29) is 24.3 Å². The highest BCUT2D eigenvalue weighted by Crippen LogP contribution is 2.28. The largest absolute Gasteiger partial charge is 0.484 e. The van der Waals surface area contributed by atoms with Crippen molar-refractivity contribution in [2.75, 3.05) is 6.61 Å². The second-order valence-corrected chi connectivity index (χ2v) is 8.03. The zero-order valence-corrected chi connectivity index (χ0v) is 17.0. The molecule has 0 aromatic heterocycles. The van der Waals surface area contributed by atoms with Gasteiger partial charge in [-0.25, -0.2) is 0 Å². The lowest BCUT2D eigenvalue weighted by atomic mass is 9.82. The van der Waals surface area contributed by atoms with E-state index in [9.17, 15) is 9.59 Å². The lowest BCUT2D eigenvalue weighted by Crippen LogP contribution is -2.40. The first kappa shape index (κ1) is 20.7. The quantitative estimate of drug-likeness (QED) is 0.617. The van der Waals surface area contributed by atoms with E-state index < -0.39 is 0 Å². The number of hydrogen-bond donors (Lipinski definition) is 1. The van der Waals surface area contributed by atoms with Crippen LogP contribution in [0, 0.1) is 5.92 Å². The van der Waals surface area contributed by atoms with Gasteiger partial charge in [-0.15, -0.1) is 0 Å². The fourth-order valence-corrected chi connectivity index (χ4v) is 3.73. The van der Waals surface area contributed by atoms with Crippen LogP contribution in [0.3, 0.4) is 0 Å². The molecule has 2 aromatic rings.